The molecule has 0 bridgehead atoms. The molecule has 4 heteroatoms. The van der Waals surface area contributed by atoms with Crippen molar-refractivity contribution < 1.29 is 18.3 Å². The number of hydrogen-bond donors (Lipinski definition) is 0. The summed E-state index contributed by atoms with van der Waals surface area (Å²) in [6.07, 6.45) is 0. The van der Waals surface area contributed by atoms with E-state index in [9.17, 15) is 13.6 Å². The number of rotatable bonds is 3. The molecule has 104 valence electrons. The fraction of sp³-hybridized carbons (Fsp3) is 0.188. The van der Waals surface area contributed by atoms with Crippen molar-refractivity contribution in [3.05, 3.63) is 59.7 Å². The SMILES string of the molecule is COC(=O)c1cc(-c2ccccc2)cc(C(C)(F)F)c1. The number of carbonyl (C=O) groups excluding carboxylic acids is 1. The molecule has 0 aliphatic rings. The number of benzene rings is 2. The molecule has 0 unspecified atom stereocenters. The van der Waals surface area contributed by atoms with Gasteiger partial charge in [0, 0.05) is 12.5 Å². The number of esters is 1. The van der Waals surface area contributed by atoms with E-state index in [1.807, 2.05) is 18.2 Å². The third-order valence-electron chi connectivity index (χ3n) is 2.97. The minimum absolute atomic E-state index is 0.116. The first-order valence-electron chi connectivity index (χ1n) is 6.09. The first-order valence-corrected chi connectivity index (χ1v) is 6.09. The third kappa shape index (κ3) is 3.02. The van der Waals surface area contributed by atoms with Gasteiger partial charge in [-0.25, -0.2) is 13.6 Å². The van der Waals surface area contributed by atoms with Crippen molar-refractivity contribution in [1.82, 2.24) is 0 Å². The maximum atomic E-state index is 13.5. The lowest BCUT2D eigenvalue weighted by Gasteiger charge is -2.14. The zero-order valence-electron chi connectivity index (χ0n) is 11.2. The normalized spacial score (nSPS) is 11.2. The minimum atomic E-state index is -3.02. The average Bonchev–Trinajstić information content (AvgIpc) is 2.46. The van der Waals surface area contributed by atoms with Gasteiger partial charge in [0.1, 0.15) is 0 Å². The maximum absolute atomic E-state index is 13.5. The molecule has 0 radical (unpaired) electrons. The predicted molar refractivity (Wildman–Crippen MR) is 72.8 cm³/mol. The van der Waals surface area contributed by atoms with E-state index in [1.165, 1.54) is 13.2 Å². The molecular formula is C16H14F2O2. The van der Waals surface area contributed by atoms with E-state index < -0.39 is 11.9 Å². The number of methoxy groups -OCH3 is 1. The average molecular weight is 276 g/mol. The van der Waals surface area contributed by atoms with E-state index >= 15 is 0 Å². The first-order chi connectivity index (χ1) is 9.41. The highest BCUT2D eigenvalue weighted by Crippen LogP contribution is 2.32. The summed E-state index contributed by atoms with van der Waals surface area (Å²) in [5, 5.41) is 0. The summed E-state index contributed by atoms with van der Waals surface area (Å²) in [7, 11) is 1.22. The van der Waals surface area contributed by atoms with Crippen LogP contribution in [0, 0.1) is 0 Å². The Bertz CT molecular complexity index is 616. The molecule has 0 aliphatic carbocycles. The molecule has 2 aromatic rings. The lowest BCUT2D eigenvalue weighted by atomic mass is 9.97. The quantitative estimate of drug-likeness (QED) is 0.783. The zero-order valence-corrected chi connectivity index (χ0v) is 11.2. The molecule has 0 amide bonds. The number of ether oxygens (including phenoxy) is 1. The maximum Gasteiger partial charge on any atom is 0.337 e. The van der Waals surface area contributed by atoms with Crippen LogP contribution < -0.4 is 0 Å². The fourth-order valence-electron chi connectivity index (χ4n) is 1.91. The van der Waals surface area contributed by atoms with Gasteiger partial charge in [-0.05, 0) is 29.3 Å². The summed E-state index contributed by atoms with van der Waals surface area (Å²) >= 11 is 0. The molecule has 0 spiro atoms. The summed E-state index contributed by atoms with van der Waals surface area (Å²) in [6.45, 7) is 0.804. The number of hydrogen-bond acceptors (Lipinski definition) is 2. The molecule has 0 atom stereocenters. The second-order valence-electron chi connectivity index (χ2n) is 4.55. The molecule has 20 heavy (non-hydrogen) atoms. The highest BCUT2D eigenvalue weighted by molar-refractivity contribution is 5.91. The molecule has 0 saturated heterocycles. The monoisotopic (exact) mass is 276 g/mol. The second kappa shape index (κ2) is 5.41. The van der Waals surface area contributed by atoms with Crippen molar-refractivity contribution in [2.24, 2.45) is 0 Å². The number of carbonyl (C=O) groups is 1. The highest BCUT2D eigenvalue weighted by atomic mass is 19.3. The van der Waals surface area contributed by atoms with Crippen LogP contribution in [-0.4, -0.2) is 13.1 Å². The molecule has 0 fully saturated rings. The standard InChI is InChI=1S/C16H14F2O2/c1-16(17,18)14-9-12(11-6-4-3-5-7-11)8-13(10-14)15(19)20-2/h3-10H,1-2H3. The van der Waals surface area contributed by atoms with Crippen molar-refractivity contribution in [2.75, 3.05) is 7.11 Å². The fourth-order valence-corrected chi connectivity index (χ4v) is 1.91. The lowest BCUT2D eigenvalue weighted by Crippen LogP contribution is -2.10. The summed E-state index contributed by atoms with van der Waals surface area (Å²) in [6, 6.07) is 13.2. The number of alkyl halides is 2. The van der Waals surface area contributed by atoms with Gasteiger partial charge in [-0.2, -0.15) is 0 Å². The van der Waals surface area contributed by atoms with Gasteiger partial charge in [-0.1, -0.05) is 30.3 Å². The van der Waals surface area contributed by atoms with Crippen LogP contribution in [0.3, 0.4) is 0 Å². The van der Waals surface area contributed by atoms with E-state index in [4.69, 9.17) is 0 Å². The molecule has 0 saturated carbocycles. The Morgan fingerprint density at radius 1 is 1.05 bits per heavy atom. The Balaban J connectivity index is 2.60. The summed E-state index contributed by atoms with van der Waals surface area (Å²) in [5.41, 5.74) is 1.23. The molecule has 2 aromatic carbocycles. The summed E-state index contributed by atoms with van der Waals surface area (Å²) in [5.74, 6) is -3.65. The van der Waals surface area contributed by atoms with Gasteiger partial charge in [0.2, 0.25) is 0 Å². The van der Waals surface area contributed by atoms with Crippen molar-refractivity contribution in [1.29, 1.82) is 0 Å². The number of halogens is 2. The Kier molecular flexibility index (Phi) is 3.84. The lowest BCUT2D eigenvalue weighted by molar-refractivity contribution is 0.0174. The largest absolute Gasteiger partial charge is 0.465 e. The van der Waals surface area contributed by atoms with E-state index in [-0.39, 0.29) is 11.1 Å². The third-order valence-corrected chi connectivity index (χ3v) is 2.97. The van der Waals surface area contributed by atoms with Gasteiger partial charge in [0.25, 0.3) is 5.92 Å². The second-order valence-corrected chi connectivity index (χ2v) is 4.55. The van der Waals surface area contributed by atoms with Crippen LogP contribution in [0.25, 0.3) is 11.1 Å². The Hall–Kier alpha value is -2.23. The van der Waals surface area contributed by atoms with E-state index in [1.54, 1.807) is 18.2 Å². The Labute approximate surface area is 116 Å². The first kappa shape index (κ1) is 14.2. The van der Waals surface area contributed by atoms with Gasteiger partial charge < -0.3 is 4.74 Å². The van der Waals surface area contributed by atoms with Crippen molar-refractivity contribution in [3.8, 4) is 11.1 Å². The minimum Gasteiger partial charge on any atom is -0.465 e. The van der Waals surface area contributed by atoms with E-state index in [0.717, 1.165) is 18.6 Å². The van der Waals surface area contributed by atoms with Crippen LogP contribution in [0.2, 0.25) is 0 Å². The topological polar surface area (TPSA) is 26.3 Å². The Morgan fingerprint density at radius 2 is 1.70 bits per heavy atom. The van der Waals surface area contributed by atoms with Crippen LogP contribution in [0.15, 0.2) is 48.5 Å². The molecule has 0 N–H and O–H groups in total. The van der Waals surface area contributed by atoms with Crippen LogP contribution in [-0.2, 0) is 10.7 Å². The van der Waals surface area contributed by atoms with Crippen LogP contribution in [0.5, 0.6) is 0 Å². The molecular weight excluding hydrogens is 262 g/mol. The molecule has 0 heterocycles. The smallest absolute Gasteiger partial charge is 0.337 e. The predicted octanol–water partition coefficient (Wildman–Crippen LogP) is 4.25. The van der Waals surface area contributed by atoms with Gasteiger partial charge >= 0.3 is 5.97 Å². The van der Waals surface area contributed by atoms with E-state index in [2.05, 4.69) is 4.74 Å². The highest BCUT2D eigenvalue weighted by Gasteiger charge is 2.26. The summed E-state index contributed by atoms with van der Waals surface area (Å²) < 4.78 is 31.7. The van der Waals surface area contributed by atoms with E-state index in [0.29, 0.717) is 5.56 Å². The Morgan fingerprint density at radius 3 is 2.25 bits per heavy atom. The van der Waals surface area contributed by atoms with Gasteiger partial charge in [0.15, 0.2) is 0 Å². The molecule has 0 aliphatic heterocycles. The van der Waals surface area contributed by atoms with Gasteiger partial charge in [-0.15, -0.1) is 0 Å². The van der Waals surface area contributed by atoms with Crippen molar-refractivity contribution in [3.63, 3.8) is 0 Å². The van der Waals surface area contributed by atoms with Crippen LogP contribution in [0.1, 0.15) is 22.8 Å². The van der Waals surface area contributed by atoms with Crippen molar-refractivity contribution in [2.45, 2.75) is 12.8 Å². The zero-order chi connectivity index (χ0) is 14.8. The van der Waals surface area contributed by atoms with Gasteiger partial charge in [0.05, 0.1) is 12.7 Å². The van der Waals surface area contributed by atoms with Crippen LogP contribution in [0.4, 0.5) is 8.78 Å². The van der Waals surface area contributed by atoms with Gasteiger partial charge in [-0.3, -0.25) is 0 Å². The van der Waals surface area contributed by atoms with Crippen LogP contribution >= 0.6 is 0 Å². The summed E-state index contributed by atoms with van der Waals surface area (Å²) in [4.78, 5) is 11.6. The molecule has 0 aromatic heterocycles. The van der Waals surface area contributed by atoms with Crippen molar-refractivity contribution >= 4 is 5.97 Å². The molecule has 2 rings (SSSR count). The molecule has 2 nitrogen and oxygen atoms in total.